The van der Waals surface area contributed by atoms with Crippen LogP contribution in [0.5, 0.6) is 5.75 Å². The van der Waals surface area contributed by atoms with Gasteiger partial charge < -0.3 is 28.8 Å². The lowest BCUT2D eigenvalue weighted by Crippen LogP contribution is -2.45. The quantitative estimate of drug-likeness (QED) is 0.820. The van der Waals surface area contributed by atoms with Gasteiger partial charge in [-0.15, -0.1) is 0 Å². The molecular formula is C20H21FN2O6. The lowest BCUT2D eigenvalue weighted by Gasteiger charge is -2.40. The van der Waals surface area contributed by atoms with Gasteiger partial charge in [-0.3, -0.25) is 4.79 Å². The van der Waals surface area contributed by atoms with Gasteiger partial charge in [-0.2, -0.15) is 0 Å². The van der Waals surface area contributed by atoms with Crippen LogP contribution in [0.1, 0.15) is 36.2 Å². The summed E-state index contributed by atoms with van der Waals surface area (Å²) in [6.45, 7) is 4.28. The molecule has 29 heavy (non-hydrogen) atoms. The van der Waals surface area contributed by atoms with Gasteiger partial charge in [0, 0.05) is 32.1 Å². The molecule has 154 valence electrons. The van der Waals surface area contributed by atoms with Gasteiger partial charge in [-0.1, -0.05) is 0 Å². The van der Waals surface area contributed by atoms with Gasteiger partial charge in [0.2, 0.25) is 5.43 Å². The molecule has 4 heterocycles. The van der Waals surface area contributed by atoms with Crippen LogP contribution >= 0.6 is 0 Å². The van der Waals surface area contributed by atoms with Crippen LogP contribution in [0.2, 0.25) is 0 Å². The van der Waals surface area contributed by atoms with Crippen molar-refractivity contribution in [3.63, 3.8) is 0 Å². The Morgan fingerprint density at radius 3 is 2.62 bits per heavy atom. The predicted octanol–water partition coefficient (Wildman–Crippen LogP) is 2.14. The summed E-state index contributed by atoms with van der Waals surface area (Å²) in [4.78, 5) is 26.0. The van der Waals surface area contributed by atoms with Crippen molar-refractivity contribution in [3.05, 3.63) is 33.9 Å². The largest absolute Gasteiger partial charge is 0.487 e. The van der Waals surface area contributed by atoms with E-state index in [1.54, 1.807) is 4.57 Å². The maximum absolute atomic E-state index is 15.2. The van der Waals surface area contributed by atoms with Crippen LogP contribution in [0.3, 0.4) is 0 Å². The Hall–Kier alpha value is -2.65. The number of pyridine rings is 1. The number of nitrogens with zero attached hydrogens (tertiary/aromatic N) is 2. The van der Waals surface area contributed by atoms with Gasteiger partial charge in [-0.05, 0) is 13.0 Å². The van der Waals surface area contributed by atoms with Gasteiger partial charge in [0.25, 0.3) is 0 Å². The first-order valence-corrected chi connectivity index (χ1v) is 9.70. The number of carboxylic acid groups (broad SMARTS) is 1. The number of halogens is 1. The van der Waals surface area contributed by atoms with E-state index < -0.39 is 23.0 Å². The highest BCUT2D eigenvalue weighted by atomic mass is 19.1. The molecule has 1 atom stereocenters. The number of ether oxygens (including phenoxy) is 3. The fourth-order valence-electron chi connectivity index (χ4n) is 4.52. The van der Waals surface area contributed by atoms with E-state index in [2.05, 4.69) is 0 Å². The molecule has 0 amide bonds. The maximum Gasteiger partial charge on any atom is 0.341 e. The minimum atomic E-state index is -1.33. The first kappa shape index (κ1) is 18.4. The maximum atomic E-state index is 15.2. The number of carboxylic acids is 1. The molecule has 2 saturated heterocycles. The Bertz CT molecular complexity index is 1070. The summed E-state index contributed by atoms with van der Waals surface area (Å²) >= 11 is 0. The van der Waals surface area contributed by atoms with E-state index in [0.29, 0.717) is 50.3 Å². The van der Waals surface area contributed by atoms with Crippen LogP contribution in [-0.2, 0) is 9.47 Å². The van der Waals surface area contributed by atoms with Gasteiger partial charge in [0.1, 0.15) is 17.9 Å². The number of piperidine rings is 1. The van der Waals surface area contributed by atoms with Crippen molar-refractivity contribution in [3.8, 4) is 5.75 Å². The highest BCUT2D eigenvalue weighted by molar-refractivity contribution is 5.97. The van der Waals surface area contributed by atoms with Crippen molar-refractivity contribution in [2.45, 2.75) is 31.6 Å². The second-order valence-electron chi connectivity index (χ2n) is 7.77. The minimum Gasteiger partial charge on any atom is -0.487 e. The highest BCUT2D eigenvalue weighted by Gasteiger charge is 2.41. The van der Waals surface area contributed by atoms with E-state index in [9.17, 15) is 14.7 Å². The third-order valence-electron chi connectivity index (χ3n) is 6.03. The Morgan fingerprint density at radius 2 is 1.97 bits per heavy atom. The standard InChI is InChI=1S/C20H21FN2O6/c1-11-10-27-18-15-12(17(24)13(19(25)26)9-23(11)15)8-14(21)16(18)22-4-2-20(3-5-22)28-6-7-29-20/h8-9,11H,2-7,10H2,1H3,(H,25,26). The number of anilines is 1. The third-order valence-corrected chi connectivity index (χ3v) is 6.03. The van der Waals surface area contributed by atoms with E-state index >= 15 is 4.39 Å². The molecule has 1 unspecified atom stereocenters. The van der Waals surface area contributed by atoms with Crippen molar-refractivity contribution in [1.82, 2.24) is 4.57 Å². The van der Waals surface area contributed by atoms with Crippen LogP contribution in [0.25, 0.3) is 10.9 Å². The van der Waals surface area contributed by atoms with Gasteiger partial charge in [0.05, 0.1) is 30.2 Å². The molecule has 8 nitrogen and oxygen atoms in total. The predicted molar refractivity (Wildman–Crippen MR) is 101 cm³/mol. The fourth-order valence-corrected chi connectivity index (χ4v) is 4.52. The normalized spacial score (nSPS) is 22.8. The van der Waals surface area contributed by atoms with Gasteiger partial charge >= 0.3 is 5.97 Å². The van der Waals surface area contributed by atoms with Gasteiger partial charge in [0.15, 0.2) is 17.4 Å². The molecule has 5 rings (SSSR count). The Balaban J connectivity index is 1.65. The SMILES string of the molecule is CC1COc2c(N3CCC4(CC3)OCCO4)c(F)cc3c(=O)c(C(=O)O)cn1c23. The molecule has 1 aromatic carbocycles. The number of rotatable bonds is 2. The molecule has 2 aromatic rings. The topological polar surface area (TPSA) is 90.2 Å². The zero-order valence-corrected chi connectivity index (χ0v) is 15.9. The Labute approximate surface area is 165 Å². The Morgan fingerprint density at radius 1 is 1.28 bits per heavy atom. The molecule has 1 N–H and O–H groups in total. The summed E-state index contributed by atoms with van der Waals surface area (Å²) in [5, 5.41) is 9.39. The van der Waals surface area contributed by atoms with Crippen molar-refractivity contribution in [1.29, 1.82) is 0 Å². The van der Waals surface area contributed by atoms with Crippen molar-refractivity contribution in [2.24, 2.45) is 0 Å². The summed E-state index contributed by atoms with van der Waals surface area (Å²) in [7, 11) is 0. The number of hydrogen-bond acceptors (Lipinski definition) is 6. The second kappa shape index (κ2) is 6.43. The van der Waals surface area contributed by atoms with Crippen LogP contribution < -0.4 is 15.1 Å². The molecule has 1 spiro atoms. The lowest BCUT2D eigenvalue weighted by molar-refractivity contribution is -0.169. The lowest BCUT2D eigenvalue weighted by atomic mass is 10.0. The zero-order valence-electron chi connectivity index (χ0n) is 15.9. The number of aromatic nitrogens is 1. The van der Waals surface area contributed by atoms with Crippen molar-refractivity contribution < 1.29 is 28.5 Å². The second-order valence-corrected chi connectivity index (χ2v) is 7.77. The molecule has 0 aliphatic carbocycles. The first-order valence-electron chi connectivity index (χ1n) is 9.70. The smallest absolute Gasteiger partial charge is 0.341 e. The fraction of sp³-hybridized carbons (Fsp3) is 0.500. The summed E-state index contributed by atoms with van der Waals surface area (Å²) in [6, 6.07) is 0.945. The van der Waals surface area contributed by atoms with Crippen LogP contribution in [-0.4, -0.2) is 54.3 Å². The van der Waals surface area contributed by atoms with E-state index in [-0.39, 0.29) is 29.3 Å². The number of benzene rings is 1. The number of carbonyl (C=O) groups is 1. The molecule has 2 fully saturated rings. The third kappa shape index (κ3) is 2.71. The average Bonchev–Trinajstić information content (AvgIpc) is 3.15. The summed E-state index contributed by atoms with van der Waals surface area (Å²) < 4.78 is 34.3. The molecule has 3 aliphatic heterocycles. The van der Waals surface area contributed by atoms with E-state index in [4.69, 9.17) is 14.2 Å². The monoisotopic (exact) mass is 404 g/mol. The van der Waals surface area contributed by atoms with E-state index in [1.807, 2.05) is 11.8 Å². The molecule has 0 bridgehead atoms. The molecule has 1 aromatic heterocycles. The minimum absolute atomic E-state index is 0.0173. The highest BCUT2D eigenvalue weighted by Crippen LogP contribution is 2.44. The van der Waals surface area contributed by atoms with Crippen LogP contribution in [0.4, 0.5) is 10.1 Å². The molecule has 3 aliphatic rings. The average molecular weight is 404 g/mol. The van der Waals surface area contributed by atoms with Crippen LogP contribution in [0, 0.1) is 5.82 Å². The summed E-state index contributed by atoms with van der Waals surface area (Å²) in [5.41, 5.74) is -0.351. The molecule has 9 heteroatoms. The van der Waals surface area contributed by atoms with E-state index in [1.165, 1.54) is 6.20 Å². The molecular weight excluding hydrogens is 383 g/mol. The molecule has 0 radical (unpaired) electrons. The number of aromatic carboxylic acids is 1. The number of hydrogen-bond donors (Lipinski definition) is 1. The van der Waals surface area contributed by atoms with Crippen molar-refractivity contribution >= 4 is 22.6 Å². The van der Waals surface area contributed by atoms with E-state index in [0.717, 1.165) is 6.07 Å². The van der Waals surface area contributed by atoms with Crippen LogP contribution in [0.15, 0.2) is 17.1 Å². The van der Waals surface area contributed by atoms with Gasteiger partial charge in [-0.25, -0.2) is 9.18 Å². The summed E-state index contributed by atoms with van der Waals surface area (Å²) in [6.07, 6.45) is 2.53. The first-order chi connectivity index (χ1) is 13.9. The Kier molecular flexibility index (Phi) is 4.08. The van der Waals surface area contributed by atoms with Crippen molar-refractivity contribution in [2.75, 3.05) is 37.8 Å². The zero-order chi connectivity index (χ0) is 20.3. The molecule has 0 saturated carbocycles. The summed E-state index contributed by atoms with van der Waals surface area (Å²) in [5.74, 6) is -2.23.